The van der Waals surface area contributed by atoms with E-state index in [1.165, 1.54) is 18.5 Å². The van der Waals surface area contributed by atoms with Gasteiger partial charge in [0, 0.05) is 29.3 Å². The molecule has 0 aromatic heterocycles. The van der Waals surface area contributed by atoms with Crippen LogP contribution in [0, 0.1) is 5.92 Å². The monoisotopic (exact) mass is 310 g/mol. The first kappa shape index (κ1) is 13.9. The SMILES string of the molecule is CC(C)CC1CN(c2cccc(Br)c2)CCCN1. The van der Waals surface area contributed by atoms with Crippen molar-refractivity contribution < 1.29 is 0 Å². The van der Waals surface area contributed by atoms with Gasteiger partial charge >= 0.3 is 0 Å². The molecule has 100 valence electrons. The highest BCUT2D eigenvalue weighted by molar-refractivity contribution is 9.10. The van der Waals surface area contributed by atoms with Gasteiger partial charge in [-0.25, -0.2) is 0 Å². The van der Waals surface area contributed by atoms with E-state index < -0.39 is 0 Å². The van der Waals surface area contributed by atoms with Crippen LogP contribution in [-0.4, -0.2) is 25.7 Å². The third-order valence-electron chi connectivity index (χ3n) is 3.41. The molecular formula is C15H23BrN2. The maximum absolute atomic E-state index is 3.67. The standard InChI is InChI=1S/C15H23BrN2/c1-12(2)9-14-11-18(8-4-7-17-14)15-6-3-5-13(16)10-15/h3,5-6,10,12,14,17H,4,7-9,11H2,1-2H3. The van der Waals surface area contributed by atoms with Crippen LogP contribution in [0.3, 0.4) is 0 Å². The molecule has 1 aliphatic rings. The quantitative estimate of drug-likeness (QED) is 0.916. The second kappa shape index (κ2) is 6.58. The average molecular weight is 311 g/mol. The molecule has 2 nitrogen and oxygen atoms in total. The molecule has 1 heterocycles. The maximum atomic E-state index is 3.67. The molecule has 0 amide bonds. The van der Waals surface area contributed by atoms with E-state index in [2.05, 4.69) is 64.3 Å². The molecule has 2 rings (SSSR count). The fourth-order valence-electron chi connectivity index (χ4n) is 2.63. The summed E-state index contributed by atoms with van der Waals surface area (Å²) < 4.78 is 1.16. The van der Waals surface area contributed by atoms with Crippen LogP contribution in [0.25, 0.3) is 0 Å². The van der Waals surface area contributed by atoms with Gasteiger partial charge in [0.2, 0.25) is 0 Å². The van der Waals surface area contributed by atoms with E-state index in [-0.39, 0.29) is 0 Å². The van der Waals surface area contributed by atoms with Gasteiger partial charge in [-0.2, -0.15) is 0 Å². The Balaban J connectivity index is 2.07. The molecule has 1 aromatic rings. The van der Waals surface area contributed by atoms with Crippen LogP contribution >= 0.6 is 15.9 Å². The number of anilines is 1. The van der Waals surface area contributed by atoms with Crippen molar-refractivity contribution in [2.24, 2.45) is 5.92 Å². The summed E-state index contributed by atoms with van der Waals surface area (Å²) in [6, 6.07) is 9.26. The molecule has 0 saturated carbocycles. The second-order valence-electron chi connectivity index (χ2n) is 5.56. The van der Waals surface area contributed by atoms with Gasteiger partial charge in [-0.3, -0.25) is 0 Å². The number of benzene rings is 1. The van der Waals surface area contributed by atoms with E-state index in [4.69, 9.17) is 0 Å². The Kier molecular flexibility index (Phi) is 5.07. The number of nitrogens with zero attached hydrogens (tertiary/aromatic N) is 1. The molecule has 0 bridgehead atoms. The van der Waals surface area contributed by atoms with Crippen molar-refractivity contribution in [1.82, 2.24) is 5.32 Å². The molecule has 1 atom stereocenters. The lowest BCUT2D eigenvalue weighted by molar-refractivity contribution is 0.436. The van der Waals surface area contributed by atoms with E-state index in [1.807, 2.05) is 0 Å². The van der Waals surface area contributed by atoms with Crippen LogP contribution in [-0.2, 0) is 0 Å². The lowest BCUT2D eigenvalue weighted by Crippen LogP contribution is -2.38. The number of nitrogens with one attached hydrogen (secondary N) is 1. The van der Waals surface area contributed by atoms with Crippen molar-refractivity contribution in [2.45, 2.75) is 32.7 Å². The van der Waals surface area contributed by atoms with Crippen molar-refractivity contribution >= 4 is 21.6 Å². The molecule has 1 aliphatic heterocycles. The Morgan fingerprint density at radius 1 is 1.44 bits per heavy atom. The predicted molar refractivity (Wildman–Crippen MR) is 82.2 cm³/mol. The Morgan fingerprint density at radius 2 is 2.28 bits per heavy atom. The van der Waals surface area contributed by atoms with Crippen molar-refractivity contribution in [3.05, 3.63) is 28.7 Å². The number of hydrogen-bond donors (Lipinski definition) is 1. The summed E-state index contributed by atoms with van der Waals surface area (Å²) in [5, 5.41) is 3.67. The molecule has 1 aromatic carbocycles. The van der Waals surface area contributed by atoms with E-state index in [9.17, 15) is 0 Å². The van der Waals surface area contributed by atoms with Crippen molar-refractivity contribution in [3.63, 3.8) is 0 Å². The van der Waals surface area contributed by atoms with Gasteiger partial charge in [0.1, 0.15) is 0 Å². The molecule has 3 heteroatoms. The first-order valence-corrected chi connectivity index (χ1v) is 7.68. The predicted octanol–water partition coefficient (Wildman–Crippen LogP) is 3.66. The molecule has 1 unspecified atom stereocenters. The third kappa shape index (κ3) is 3.99. The van der Waals surface area contributed by atoms with Gasteiger partial charge in [0.15, 0.2) is 0 Å². The van der Waals surface area contributed by atoms with E-state index in [0.717, 1.165) is 30.0 Å². The summed E-state index contributed by atoms with van der Waals surface area (Å²) >= 11 is 3.56. The smallest absolute Gasteiger partial charge is 0.0378 e. The summed E-state index contributed by atoms with van der Waals surface area (Å²) in [7, 11) is 0. The Morgan fingerprint density at radius 3 is 3.00 bits per heavy atom. The van der Waals surface area contributed by atoms with Gasteiger partial charge in [0.05, 0.1) is 0 Å². The van der Waals surface area contributed by atoms with Crippen LogP contribution in [0.1, 0.15) is 26.7 Å². The summed E-state index contributed by atoms with van der Waals surface area (Å²) in [6.07, 6.45) is 2.48. The first-order valence-electron chi connectivity index (χ1n) is 6.89. The molecule has 18 heavy (non-hydrogen) atoms. The van der Waals surface area contributed by atoms with Gasteiger partial charge in [0.25, 0.3) is 0 Å². The Labute approximate surface area is 119 Å². The number of hydrogen-bond acceptors (Lipinski definition) is 2. The first-order chi connectivity index (χ1) is 8.65. The normalized spacial score (nSPS) is 21.1. The lowest BCUT2D eigenvalue weighted by atomic mass is 10.0. The molecule has 1 N–H and O–H groups in total. The van der Waals surface area contributed by atoms with Crippen LogP contribution in [0.2, 0.25) is 0 Å². The van der Waals surface area contributed by atoms with Crippen molar-refractivity contribution in [2.75, 3.05) is 24.5 Å². The fourth-order valence-corrected chi connectivity index (χ4v) is 3.02. The number of halogens is 1. The highest BCUT2D eigenvalue weighted by Gasteiger charge is 2.18. The highest BCUT2D eigenvalue weighted by Crippen LogP contribution is 2.22. The van der Waals surface area contributed by atoms with E-state index >= 15 is 0 Å². The lowest BCUT2D eigenvalue weighted by Gasteiger charge is -2.27. The molecular weight excluding hydrogens is 288 g/mol. The summed E-state index contributed by atoms with van der Waals surface area (Å²) in [5.41, 5.74) is 1.34. The molecule has 1 saturated heterocycles. The minimum atomic E-state index is 0.617. The zero-order valence-electron chi connectivity index (χ0n) is 11.3. The topological polar surface area (TPSA) is 15.3 Å². The fraction of sp³-hybridized carbons (Fsp3) is 0.600. The highest BCUT2D eigenvalue weighted by atomic mass is 79.9. The van der Waals surface area contributed by atoms with Gasteiger partial charge in [-0.05, 0) is 43.5 Å². The Bertz CT molecular complexity index is 379. The Hall–Kier alpha value is -0.540. The maximum Gasteiger partial charge on any atom is 0.0378 e. The molecule has 1 fully saturated rings. The number of rotatable bonds is 3. The summed E-state index contributed by atoms with van der Waals surface area (Å²) in [6.45, 7) is 8.01. The van der Waals surface area contributed by atoms with Crippen molar-refractivity contribution in [1.29, 1.82) is 0 Å². The van der Waals surface area contributed by atoms with E-state index in [0.29, 0.717) is 6.04 Å². The van der Waals surface area contributed by atoms with Gasteiger partial charge in [-0.15, -0.1) is 0 Å². The van der Waals surface area contributed by atoms with Gasteiger partial charge < -0.3 is 10.2 Å². The zero-order valence-corrected chi connectivity index (χ0v) is 12.9. The van der Waals surface area contributed by atoms with Crippen LogP contribution in [0.15, 0.2) is 28.7 Å². The summed E-state index contributed by atoms with van der Waals surface area (Å²) in [5.74, 6) is 0.755. The minimum absolute atomic E-state index is 0.617. The van der Waals surface area contributed by atoms with Crippen LogP contribution in [0.4, 0.5) is 5.69 Å². The molecule has 0 radical (unpaired) electrons. The molecule has 0 spiro atoms. The zero-order chi connectivity index (χ0) is 13.0. The average Bonchev–Trinajstić information content (AvgIpc) is 2.54. The van der Waals surface area contributed by atoms with Gasteiger partial charge in [-0.1, -0.05) is 35.8 Å². The minimum Gasteiger partial charge on any atom is -0.370 e. The van der Waals surface area contributed by atoms with E-state index in [1.54, 1.807) is 0 Å². The third-order valence-corrected chi connectivity index (χ3v) is 3.90. The van der Waals surface area contributed by atoms with Crippen molar-refractivity contribution in [3.8, 4) is 0 Å². The summed E-state index contributed by atoms with van der Waals surface area (Å²) in [4.78, 5) is 2.51. The van der Waals surface area contributed by atoms with Crippen LogP contribution < -0.4 is 10.2 Å². The molecule has 0 aliphatic carbocycles. The second-order valence-corrected chi connectivity index (χ2v) is 6.48. The largest absolute Gasteiger partial charge is 0.370 e. The van der Waals surface area contributed by atoms with Crippen LogP contribution in [0.5, 0.6) is 0 Å².